The number of nitrogens with two attached hydrogens (primary N) is 1. The van der Waals surface area contributed by atoms with Crippen molar-refractivity contribution in [1.29, 1.82) is 0 Å². The fourth-order valence-electron chi connectivity index (χ4n) is 1.98. The highest BCUT2D eigenvalue weighted by Gasteiger charge is 2.16. The molecule has 106 valence electrons. The minimum Gasteiger partial charge on any atom is -0.389 e. The zero-order valence-electron chi connectivity index (χ0n) is 11.1. The third-order valence-corrected chi connectivity index (χ3v) is 3.10. The minimum absolute atomic E-state index is 0.0377. The van der Waals surface area contributed by atoms with Crippen molar-refractivity contribution in [2.75, 3.05) is 11.9 Å². The Hall–Kier alpha value is -2.02. The molecular formula is C13H14F2N4S. The number of benzene rings is 1. The Morgan fingerprint density at radius 3 is 2.45 bits per heavy atom. The van der Waals surface area contributed by atoms with Crippen molar-refractivity contribution in [2.24, 2.45) is 12.8 Å². The molecule has 0 amide bonds. The Morgan fingerprint density at radius 2 is 2.00 bits per heavy atom. The molecule has 2 aromatic rings. The van der Waals surface area contributed by atoms with Gasteiger partial charge in [0.2, 0.25) is 0 Å². The van der Waals surface area contributed by atoms with Gasteiger partial charge in [-0.1, -0.05) is 12.2 Å². The zero-order chi connectivity index (χ0) is 14.9. The number of hydrogen-bond donors (Lipinski definition) is 1. The van der Waals surface area contributed by atoms with Crippen LogP contribution in [0.15, 0.2) is 24.5 Å². The molecule has 0 aliphatic carbocycles. The van der Waals surface area contributed by atoms with Crippen LogP contribution in [0.3, 0.4) is 0 Å². The van der Waals surface area contributed by atoms with E-state index in [1.54, 1.807) is 31.2 Å². The van der Waals surface area contributed by atoms with E-state index in [0.717, 1.165) is 17.7 Å². The average molecular weight is 296 g/mol. The molecule has 0 bridgehead atoms. The summed E-state index contributed by atoms with van der Waals surface area (Å²) in [5, 5.41) is 4.01. The van der Waals surface area contributed by atoms with Gasteiger partial charge >= 0.3 is 0 Å². The van der Waals surface area contributed by atoms with Crippen LogP contribution in [0, 0.1) is 11.6 Å². The standard InChI is InChI=1S/C13H14F2N4S/c1-18(6-8-5-17-19(2)7-8)12-10(14)3-9(13(16)20)4-11(12)15/h3-5,7H,6H2,1-2H3,(H2,16,20). The molecular weight excluding hydrogens is 282 g/mol. The van der Waals surface area contributed by atoms with Crippen molar-refractivity contribution in [3.63, 3.8) is 0 Å². The van der Waals surface area contributed by atoms with Gasteiger partial charge in [-0.15, -0.1) is 0 Å². The number of aryl methyl sites for hydroxylation is 1. The second-order valence-electron chi connectivity index (χ2n) is 4.53. The molecule has 4 nitrogen and oxygen atoms in total. The minimum atomic E-state index is -0.695. The quantitative estimate of drug-likeness (QED) is 0.876. The van der Waals surface area contributed by atoms with E-state index in [2.05, 4.69) is 5.10 Å². The van der Waals surface area contributed by atoms with Crippen LogP contribution in [-0.4, -0.2) is 21.8 Å². The summed E-state index contributed by atoms with van der Waals surface area (Å²) in [4.78, 5) is 1.44. The number of hydrogen-bond acceptors (Lipinski definition) is 3. The van der Waals surface area contributed by atoms with Crippen LogP contribution in [0.25, 0.3) is 0 Å². The molecule has 0 spiro atoms. The maximum absolute atomic E-state index is 14.0. The fraction of sp³-hybridized carbons (Fsp3) is 0.231. The number of aromatic nitrogens is 2. The van der Waals surface area contributed by atoms with E-state index in [1.165, 1.54) is 4.90 Å². The lowest BCUT2D eigenvalue weighted by Crippen LogP contribution is -2.20. The lowest BCUT2D eigenvalue weighted by atomic mass is 10.1. The molecule has 0 saturated heterocycles. The van der Waals surface area contributed by atoms with E-state index in [9.17, 15) is 8.78 Å². The van der Waals surface area contributed by atoms with Gasteiger partial charge in [-0.25, -0.2) is 8.78 Å². The van der Waals surface area contributed by atoms with Crippen LogP contribution in [-0.2, 0) is 13.6 Å². The van der Waals surface area contributed by atoms with Gasteiger partial charge in [0.1, 0.15) is 22.3 Å². The molecule has 7 heteroatoms. The summed E-state index contributed by atoms with van der Waals surface area (Å²) in [6.07, 6.45) is 3.44. The first-order chi connectivity index (χ1) is 9.38. The average Bonchev–Trinajstić information content (AvgIpc) is 2.73. The summed E-state index contributed by atoms with van der Waals surface area (Å²) >= 11 is 4.72. The van der Waals surface area contributed by atoms with E-state index < -0.39 is 11.6 Å². The third kappa shape index (κ3) is 2.93. The largest absolute Gasteiger partial charge is 0.389 e. The molecule has 0 saturated carbocycles. The zero-order valence-corrected chi connectivity index (χ0v) is 11.9. The highest BCUT2D eigenvalue weighted by atomic mass is 32.1. The van der Waals surface area contributed by atoms with Crippen LogP contribution in [0.2, 0.25) is 0 Å². The Morgan fingerprint density at radius 1 is 1.40 bits per heavy atom. The van der Waals surface area contributed by atoms with Crippen molar-refractivity contribution in [2.45, 2.75) is 6.54 Å². The maximum Gasteiger partial charge on any atom is 0.150 e. The van der Waals surface area contributed by atoms with E-state index in [4.69, 9.17) is 18.0 Å². The molecule has 0 aliphatic rings. The summed E-state index contributed by atoms with van der Waals surface area (Å²) in [7, 11) is 3.39. The number of rotatable bonds is 4. The first-order valence-electron chi connectivity index (χ1n) is 5.86. The van der Waals surface area contributed by atoms with Crippen LogP contribution in [0.5, 0.6) is 0 Å². The Bertz CT molecular complexity index is 631. The van der Waals surface area contributed by atoms with Gasteiger partial charge in [-0.05, 0) is 12.1 Å². The molecule has 0 radical (unpaired) electrons. The molecule has 2 N–H and O–H groups in total. The maximum atomic E-state index is 14.0. The molecule has 1 heterocycles. The Labute approximate surface area is 120 Å². The predicted octanol–water partition coefficient (Wildman–Crippen LogP) is 1.97. The highest BCUT2D eigenvalue weighted by Crippen LogP contribution is 2.25. The lowest BCUT2D eigenvalue weighted by molar-refractivity contribution is 0.576. The molecule has 0 unspecified atom stereocenters. The van der Waals surface area contributed by atoms with Crippen molar-refractivity contribution < 1.29 is 8.78 Å². The highest BCUT2D eigenvalue weighted by molar-refractivity contribution is 7.80. The molecule has 1 aromatic carbocycles. The fourth-order valence-corrected chi connectivity index (χ4v) is 2.10. The van der Waals surface area contributed by atoms with E-state index in [-0.39, 0.29) is 16.2 Å². The van der Waals surface area contributed by atoms with Crippen molar-refractivity contribution in [3.05, 3.63) is 47.3 Å². The van der Waals surface area contributed by atoms with Crippen molar-refractivity contribution in [1.82, 2.24) is 9.78 Å². The number of anilines is 1. The van der Waals surface area contributed by atoms with Crippen LogP contribution in [0.1, 0.15) is 11.1 Å². The summed E-state index contributed by atoms with van der Waals surface area (Å²) in [6.45, 7) is 0.341. The molecule has 0 atom stereocenters. The number of halogens is 2. The van der Waals surface area contributed by atoms with Crippen LogP contribution < -0.4 is 10.6 Å². The van der Waals surface area contributed by atoms with Gasteiger partial charge < -0.3 is 10.6 Å². The van der Waals surface area contributed by atoms with Crippen molar-refractivity contribution >= 4 is 22.9 Å². The second-order valence-corrected chi connectivity index (χ2v) is 4.97. The molecule has 2 rings (SSSR count). The Balaban J connectivity index is 2.30. The number of nitrogens with zero attached hydrogens (tertiary/aromatic N) is 3. The summed E-state index contributed by atoms with van der Waals surface area (Å²) in [6, 6.07) is 2.28. The summed E-state index contributed by atoms with van der Waals surface area (Å²) < 4.78 is 29.7. The van der Waals surface area contributed by atoms with E-state index in [0.29, 0.717) is 6.54 Å². The molecule has 20 heavy (non-hydrogen) atoms. The van der Waals surface area contributed by atoms with Gasteiger partial charge in [-0.2, -0.15) is 5.10 Å². The monoisotopic (exact) mass is 296 g/mol. The van der Waals surface area contributed by atoms with Gasteiger partial charge in [0.15, 0.2) is 0 Å². The van der Waals surface area contributed by atoms with Gasteiger partial charge in [0.25, 0.3) is 0 Å². The lowest BCUT2D eigenvalue weighted by Gasteiger charge is -2.20. The topological polar surface area (TPSA) is 47.1 Å². The van der Waals surface area contributed by atoms with Crippen LogP contribution in [0.4, 0.5) is 14.5 Å². The molecule has 1 aromatic heterocycles. The third-order valence-electron chi connectivity index (χ3n) is 2.86. The van der Waals surface area contributed by atoms with Gasteiger partial charge in [-0.3, -0.25) is 4.68 Å². The second kappa shape index (κ2) is 5.54. The molecule has 0 aliphatic heterocycles. The van der Waals surface area contributed by atoms with Crippen molar-refractivity contribution in [3.8, 4) is 0 Å². The van der Waals surface area contributed by atoms with E-state index >= 15 is 0 Å². The smallest absolute Gasteiger partial charge is 0.150 e. The SMILES string of the molecule is CN(Cc1cnn(C)c1)c1c(F)cc(C(N)=S)cc1F. The molecule has 0 fully saturated rings. The van der Waals surface area contributed by atoms with E-state index in [1.807, 2.05) is 0 Å². The predicted molar refractivity (Wildman–Crippen MR) is 77.6 cm³/mol. The normalized spacial score (nSPS) is 10.6. The van der Waals surface area contributed by atoms with Gasteiger partial charge in [0.05, 0.1) is 6.20 Å². The number of thiocarbonyl (C=S) groups is 1. The van der Waals surface area contributed by atoms with Crippen LogP contribution >= 0.6 is 12.2 Å². The first kappa shape index (κ1) is 14.4. The summed E-state index contributed by atoms with van der Waals surface area (Å²) in [5.74, 6) is -1.39. The summed E-state index contributed by atoms with van der Waals surface area (Å²) in [5.41, 5.74) is 6.29. The first-order valence-corrected chi connectivity index (χ1v) is 6.27. The van der Waals surface area contributed by atoms with Gasteiger partial charge in [0, 0.05) is 38.0 Å². The Kier molecular flexibility index (Phi) is 3.99.